The fourth-order valence-electron chi connectivity index (χ4n) is 1.53. The van der Waals surface area contributed by atoms with E-state index in [0.717, 1.165) is 12.5 Å². The molecule has 1 unspecified atom stereocenters. The van der Waals surface area contributed by atoms with Crippen LogP contribution in [0, 0.1) is 12.1 Å². The summed E-state index contributed by atoms with van der Waals surface area (Å²) in [5, 5.41) is 4.17. The smallest absolute Gasteiger partial charge is 0.0863 e. The van der Waals surface area contributed by atoms with E-state index in [9.17, 15) is 0 Å². The molecule has 1 heterocycles. The molecule has 0 aliphatic rings. The lowest BCUT2D eigenvalue weighted by molar-refractivity contribution is 0.371. The highest BCUT2D eigenvalue weighted by molar-refractivity contribution is 4.76. The third-order valence-electron chi connectivity index (χ3n) is 2.48. The van der Waals surface area contributed by atoms with Crippen LogP contribution < -0.4 is 0 Å². The summed E-state index contributed by atoms with van der Waals surface area (Å²) >= 11 is 0. The molecule has 1 radical (unpaired) electrons. The SMILES string of the molecule is CCCCC(CC)Cn1[c]ccn1. The molecule has 0 spiro atoms. The predicted octanol–water partition coefficient (Wildman–Crippen LogP) is 2.90. The molecule has 1 aromatic heterocycles. The number of hydrogen-bond donors (Lipinski definition) is 0. The zero-order chi connectivity index (χ0) is 9.52. The standard InChI is InChI=1S/C11H19N2/c1-3-5-7-11(4-2)10-13-9-6-8-12-13/h6,8,11H,3-5,7,10H2,1-2H3. The van der Waals surface area contributed by atoms with Crippen LogP contribution in [-0.2, 0) is 6.54 Å². The minimum atomic E-state index is 0.774. The number of nitrogens with zero attached hydrogens (tertiary/aromatic N) is 2. The van der Waals surface area contributed by atoms with Gasteiger partial charge < -0.3 is 0 Å². The number of aromatic nitrogens is 2. The molecule has 0 N–H and O–H groups in total. The maximum atomic E-state index is 4.17. The minimum absolute atomic E-state index is 0.774. The van der Waals surface area contributed by atoms with Crippen molar-refractivity contribution in [1.29, 1.82) is 0 Å². The fourth-order valence-corrected chi connectivity index (χ4v) is 1.53. The summed E-state index contributed by atoms with van der Waals surface area (Å²) in [6.07, 6.45) is 10.1. The van der Waals surface area contributed by atoms with Crippen molar-refractivity contribution in [2.75, 3.05) is 0 Å². The maximum Gasteiger partial charge on any atom is 0.0863 e. The summed E-state index contributed by atoms with van der Waals surface area (Å²) in [7, 11) is 0. The van der Waals surface area contributed by atoms with Gasteiger partial charge in [0.2, 0.25) is 0 Å². The summed E-state index contributed by atoms with van der Waals surface area (Å²) < 4.78 is 1.92. The average molecular weight is 179 g/mol. The van der Waals surface area contributed by atoms with E-state index in [1.54, 1.807) is 6.20 Å². The van der Waals surface area contributed by atoms with Crippen molar-refractivity contribution in [2.24, 2.45) is 5.92 Å². The molecule has 1 atom stereocenters. The first-order chi connectivity index (χ1) is 6.36. The first-order valence-corrected chi connectivity index (χ1v) is 5.26. The zero-order valence-corrected chi connectivity index (χ0v) is 8.66. The summed E-state index contributed by atoms with van der Waals surface area (Å²) in [4.78, 5) is 0. The topological polar surface area (TPSA) is 17.8 Å². The van der Waals surface area contributed by atoms with Gasteiger partial charge in [-0.2, -0.15) is 5.10 Å². The van der Waals surface area contributed by atoms with Gasteiger partial charge in [-0.25, -0.2) is 0 Å². The largest absolute Gasteiger partial charge is 0.263 e. The molecule has 1 rings (SSSR count). The van der Waals surface area contributed by atoms with Crippen molar-refractivity contribution >= 4 is 0 Å². The van der Waals surface area contributed by atoms with Crippen LogP contribution in [0.5, 0.6) is 0 Å². The van der Waals surface area contributed by atoms with E-state index in [1.807, 2.05) is 10.7 Å². The van der Waals surface area contributed by atoms with E-state index in [1.165, 1.54) is 25.7 Å². The number of rotatable bonds is 6. The van der Waals surface area contributed by atoms with Crippen LogP contribution in [0.15, 0.2) is 12.3 Å². The lowest BCUT2D eigenvalue weighted by atomic mass is 10.00. The van der Waals surface area contributed by atoms with E-state index < -0.39 is 0 Å². The van der Waals surface area contributed by atoms with E-state index in [4.69, 9.17) is 0 Å². The second-order valence-corrected chi connectivity index (χ2v) is 3.56. The highest BCUT2D eigenvalue weighted by Gasteiger charge is 2.06. The van der Waals surface area contributed by atoms with Gasteiger partial charge in [-0.05, 0) is 18.4 Å². The maximum absolute atomic E-state index is 4.17. The Bertz CT molecular complexity index is 204. The van der Waals surface area contributed by atoms with Crippen LogP contribution in [0.1, 0.15) is 39.5 Å². The van der Waals surface area contributed by atoms with Crippen molar-refractivity contribution in [2.45, 2.75) is 46.1 Å². The molecule has 0 saturated carbocycles. The molecular formula is C11H19N2. The summed E-state index contributed by atoms with van der Waals surface area (Å²) in [6.45, 7) is 5.53. The highest BCUT2D eigenvalue weighted by Crippen LogP contribution is 2.14. The van der Waals surface area contributed by atoms with Crippen LogP contribution in [0.25, 0.3) is 0 Å². The van der Waals surface area contributed by atoms with Crippen molar-refractivity contribution in [3.05, 3.63) is 18.5 Å². The normalized spacial score (nSPS) is 13.1. The Morgan fingerprint density at radius 2 is 2.31 bits per heavy atom. The minimum Gasteiger partial charge on any atom is -0.263 e. The summed E-state index contributed by atoms with van der Waals surface area (Å²) in [5.74, 6) is 0.774. The van der Waals surface area contributed by atoms with E-state index >= 15 is 0 Å². The Hall–Kier alpha value is -0.790. The van der Waals surface area contributed by atoms with Gasteiger partial charge in [-0.3, -0.25) is 4.68 Å². The quantitative estimate of drug-likeness (QED) is 0.656. The van der Waals surface area contributed by atoms with Gasteiger partial charge in [0.1, 0.15) is 0 Å². The molecule has 1 aromatic rings. The van der Waals surface area contributed by atoms with Gasteiger partial charge in [0.25, 0.3) is 0 Å². The lowest BCUT2D eigenvalue weighted by Crippen LogP contribution is -2.10. The molecule has 0 fully saturated rings. The Morgan fingerprint density at radius 3 is 2.85 bits per heavy atom. The Morgan fingerprint density at radius 1 is 1.46 bits per heavy atom. The average Bonchev–Trinajstić information content (AvgIpc) is 2.64. The molecule has 73 valence electrons. The monoisotopic (exact) mass is 179 g/mol. The molecule has 0 bridgehead atoms. The predicted molar refractivity (Wildman–Crippen MR) is 54.4 cm³/mol. The first-order valence-electron chi connectivity index (χ1n) is 5.26. The van der Waals surface area contributed by atoms with Crippen molar-refractivity contribution in [1.82, 2.24) is 9.78 Å². The highest BCUT2D eigenvalue weighted by atomic mass is 15.3. The third-order valence-corrected chi connectivity index (χ3v) is 2.48. The number of hydrogen-bond acceptors (Lipinski definition) is 1. The summed E-state index contributed by atoms with van der Waals surface area (Å²) in [5.41, 5.74) is 0. The lowest BCUT2D eigenvalue weighted by Gasteiger charge is -2.13. The van der Waals surface area contributed by atoms with Gasteiger partial charge in [-0.15, -0.1) is 0 Å². The first kappa shape index (κ1) is 10.3. The van der Waals surface area contributed by atoms with Crippen LogP contribution >= 0.6 is 0 Å². The van der Waals surface area contributed by atoms with Crippen LogP contribution in [-0.4, -0.2) is 9.78 Å². The van der Waals surface area contributed by atoms with Crippen LogP contribution in [0.2, 0.25) is 0 Å². The molecule has 2 heteroatoms. The molecule has 0 amide bonds. The van der Waals surface area contributed by atoms with Gasteiger partial charge in [0.05, 0.1) is 6.20 Å². The van der Waals surface area contributed by atoms with E-state index in [0.29, 0.717) is 0 Å². The van der Waals surface area contributed by atoms with Crippen LogP contribution in [0.3, 0.4) is 0 Å². The van der Waals surface area contributed by atoms with Gasteiger partial charge in [-0.1, -0.05) is 33.1 Å². The molecule has 2 nitrogen and oxygen atoms in total. The van der Waals surface area contributed by atoms with Crippen molar-refractivity contribution < 1.29 is 0 Å². The Balaban J connectivity index is 2.31. The zero-order valence-electron chi connectivity index (χ0n) is 8.66. The molecular weight excluding hydrogens is 160 g/mol. The molecule has 0 aliphatic carbocycles. The number of unbranched alkanes of at least 4 members (excludes halogenated alkanes) is 1. The Labute approximate surface area is 81.0 Å². The second kappa shape index (κ2) is 5.79. The fraction of sp³-hybridized carbons (Fsp3) is 0.727. The second-order valence-electron chi connectivity index (χ2n) is 3.56. The van der Waals surface area contributed by atoms with Crippen molar-refractivity contribution in [3.8, 4) is 0 Å². The molecule has 0 saturated heterocycles. The third kappa shape index (κ3) is 3.62. The van der Waals surface area contributed by atoms with E-state index in [2.05, 4.69) is 25.1 Å². The van der Waals surface area contributed by atoms with E-state index in [-0.39, 0.29) is 0 Å². The van der Waals surface area contributed by atoms with Gasteiger partial charge in [0, 0.05) is 12.7 Å². The Kier molecular flexibility index (Phi) is 4.58. The van der Waals surface area contributed by atoms with Gasteiger partial charge >= 0.3 is 0 Å². The van der Waals surface area contributed by atoms with Crippen LogP contribution in [0.4, 0.5) is 0 Å². The summed E-state index contributed by atoms with van der Waals surface area (Å²) in [6, 6.07) is 1.87. The molecule has 0 aliphatic heterocycles. The molecule has 0 aromatic carbocycles. The molecule has 13 heavy (non-hydrogen) atoms. The van der Waals surface area contributed by atoms with Crippen molar-refractivity contribution in [3.63, 3.8) is 0 Å². The van der Waals surface area contributed by atoms with Gasteiger partial charge in [0.15, 0.2) is 0 Å².